The first-order valence-corrected chi connectivity index (χ1v) is 7.93. The lowest BCUT2D eigenvalue weighted by Crippen LogP contribution is -2.22. The van der Waals surface area contributed by atoms with E-state index in [-0.39, 0.29) is 5.91 Å². The molecule has 21 heavy (non-hydrogen) atoms. The van der Waals surface area contributed by atoms with Crippen LogP contribution in [-0.2, 0) is 11.3 Å². The Morgan fingerprint density at radius 2 is 2.10 bits per heavy atom. The Morgan fingerprint density at radius 1 is 1.29 bits per heavy atom. The highest BCUT2D eigenvalue weighted by Crippen LogP contribution is 2.37. The Kier molecular flexibility index (Phi) is 6.18. The van der Waals surface area contributed by atoms with Gasteiger partial charge in [0, 0.05) is 19.4 Å². The number of ether oxygens (including phenoxy) is 2. The number of rotatable bonds is 6. The van der Waals surface area contributed by atoms with E-state index in [4.69, 9.17) is 21.1 Å². The molecule has 0 unspecified atom stereocenters. The molecule has 1 aliphatic rings. The van der Waals surface area contributed by atoms with E-state index in [1.807, 2.05) is 12.1 Å². The molecule has 1 aromatic carbocycles. The van der Waals surface area contributed by atoms with Crippen molar-refractivity contribution in [3.8, 4) is 11.5 Å². The van der Waals surface area contributed by atoms with E-state index in [9.17, 15) is 4.79 Å². The van der Waals surface area contributed by atoms with Crippen molar-refractivity contribution in [1.29, 1.82) is 0 Å². The van der Waals surface area contributed by atoms with Gasteiger partial charge >= 0.3 is 0 Å². The molecule has 116 valence electrons. The van der Waals surface area contributed by atoms with E-state index >= 15 is 0 Å². The number of fused-ring (bicyclic) bond motifs is 1. The predicted molar refractivity (Wildman–Crippen MR) is 83.0 cm³/mol. The second-order valence-corrected chi connectivity index (χ2v) is 5.60. The first-order chi connectivity index (χ1) is 10.2. The van der Waals surface area contributed by atoms with Crippen molar-refractivity contribution in [2.24, 2.45) is 0 Å². The fourth-order valence-electron chi connectivity index (χ4n) is 2.21. The lowest BCUT2D eigenvalue weighted by Gasteiger charge is -2.12. The summed E-state index contributed by atoms with van der Waals surface area (Å²) in [5.41, 5.74) is 0.924. The minimum absolute atomic E-state index is 0.0756. The average Bonchev–Trinajstić information content (AvgIpc) is 2.71. The van der Waals surface area contributed by atoms with Crippen LogP contribution in [0.4, 0.5) is 0 Å². The molecule has 0 aromatic heterocycles. The monoisotopic (exact) mass is 311 g/mol. The van der Waals surface area contributed by atoms with E-state index in [1.165, 1.54) is 0 Å². The van der Waals surface area contributed by atoms with Gasteiger partial charge in [-0.2, -0.15) is 0 Å². The Balaban J connectivity index is 1.93. The van der Waals surface area contributed by atoms with Gasteiger partial charge in [-0.05, 0) is 24.1 Å². The number of hydrogen-bond donors (Lipinski definition) is 1. The maximum absolute atomic E-state index is 11.7. The summed E-state index contributed by atoms with van der Waals surface area (Å²) < 4.78 is 11.2. The molecular formula is C16H22ClNO3. The maximum atomic E-state index is 11.7. The van der Waals surface area contributed by atoms with Crippen LogP contribution in [0.5, 0.6) is 11.5 Å². The van der Waals surface area contributed by atoms with Crippen LogP contribution in [0.25, 0.3) is 0 Å². The molecule has 1 amide bonds. The van der Waals surface area contributed by atoms with Crippen LogP contribution in [0.2, 0.25) is 5.02 Å². The van der Waals surface area contributed by atoms with Crippen molar-refractivity contribution in [3.63, 3.8) is 0 Å². The lowest BCUT2D eigenvalue weighted by atomic mass is 10.1. The SMILES string of the molecule is CCCCCC(=O)NCc1cc(Cl)c2c(c1)OCCCO2. The summed E-state index contributed by atoms with van der Waals surface area (Å²) >= 11 is 6.22. The molecule has 0 aliphatic carbocycles. The number of carbonyl (C=O) groups is 1. The van der Waals surface area contributed by atoms with Gasteiger partial charge in [-0.25, -0.2) is 0 Å². The van der Waals surface area contributed by atoms with Crippen molar-refractivity contribution in [2.45, 2.75) is 45.6 Å². The van der Waals surface area contributed by atoms with Crippen LogP contribution >= 0.6 is 11.6 Å². The molecule has 2 rings (SSSR count). The average molecular weight is 312 g/mol. The van der Waals surface area contributed by atoms with Gasteiger partial charge in [-0.3, -0.25) is 4.79 Å². The molecule has 1 N–H and O–H groups in total. The number of carbonyl (C=O) groups excluding carboxylic acids is 1. The maximum Gasteiger partial charge on any atom is 0.220 e. The van der Waals surface area contributed by atoms with Crippen molar-refractivity contribution in [1.82, 2.24) is 5.32 Å². The molecule has 0 radical (unpaired) electrons. The minimum Gasteiger partial charge on any atom is -0.489 e. The van der Waals surface area contributed by atoms with E-state index in [1.54, 1.807) is 0 Å². The van der Waals surface area contributed by atoms with E-state index in [2.05, 4.69) is 12.2 Å². The van der Waals surface area contributed by atoms with E-state index in [0.717, 1.165) is 31.2 Å². The van der Waals surface area contributed by atoms with Crippen molar-refractivity contribution in [2.75, 3.05) is 13.2 Å². The number of amides is 1. The molecule has 0 fully saturated rings. The van der Waals surface area contributed by atoms with Gasteiger partial charge in [0.25, 0.3) is 0 Å². The summed E-state index contributed by atoms with van der Waals surface area (Å²) in [7, 11) is 0. The molecule has 0 saturated heterocycles. The Bertz CT molecular complexity index is 491. The quantitative estimate of drug-likeness (QED) is 0.815. The minimum atomic E-state index is 0.0756. The van der Waals surface area contributed by atoms with Crippen LogP contribution in [-0.4, -0.2) is 19.1 Å². The van der Waals surface area contributed by atoms with Gasteiger partial charge in [-0.15, -0.1) is 0 Å². The topological polar surface area (TPSA) is 47.6 Å². The molecule has 1 aliphatic heterocycles. The molecule has 0 saturated carbocycles. The Morgan fingerprint density at radius 3 is 2.90 bits per heavy atom. The largest absolute Gasteiger partial charge is 0.489 e. The zero-order valence-electron chi connectivity index (χ0n) is 12.4. The smallest absolute Gasteiger partial charge is 0.220 e. The van der Waals surface area contributed by atoms with Gasteiger partial charge in [-0.1, -0.05) is 31.4 Å². The highest BCUT2D eigenvalue weighted by molar-refractivity contribution is 6.32. The van der Waals surface area contributed by atoms with Crippen molar-refractivity contribution < 1.29 is 14.3 Å². The summed E-state index contributed by atoms with van der Waals surface area (Å²) in [6.45, 7) is 3.81. The number of nitrogens with one attached hydrogen (secondary N) is 1. The van der Waals surface area contributed by atoms with Gasteiger partial charge < -0.3 is 14.8 Å². The molecule has 4 nitrogen and oxygen atoms in total. The lowest BCUT2D eigenvalue weighted by molar-refractivity contribution is -0.121. The van der Waals surface area contributed by atoms with Gasteiger partial charge in [0.05, 0.1) is 18.2 Å². The molecule has 0 spiro atoms. The zero-order valence-corrected chi connectivity index (χ0v) is 13.2. The van der Waals surface area contributed by atoms with Crippen LogP contribution in [0.15, 0.2) is 12.1 Å². The Labute approximate surface area is 130 Å². The molecular weight excluding hydrogens is 290 g/mol. The summed E-state index contributed by atoms with van der Waals surface area (Å²) in [6, 6.07) is 3.71. The second kappa shape index (κ2) is 8.13. The molecule has 0 bridgehead atoms. The molecule has 1 aromatic rings. The van der Waals surface area contributed by atoms with Gasteiger partial charge in [0.15, 0.2) is 11.5 Å². The normalized spacial score (nSPS) is 13.6. The first-order valence-electron chi connectivity index (χ1n) is 7.55. The van der Waals surface area contributed by atoms with Crippen molar-refractivity contribution in [3.05, 3.63) is 22.7 Å². The highest BCUT2D eigenvalue weighted by Gasteiger charge is 2.15. The van der Waals surface area contributed by atoms with Crippen molar-refractivity contribution >= 4 is 17.5 Å². The molecule has 1 heterocycles. The third kappa shape index (κ3) is 4.81. The van der Waals surface area contributed by atoms with Gasteiger partial charge in [0.1, 0.15) is 0 Å². The third-order valence-electron chi connectivity index (χ3n) is 3.36. The molecule has 0 atom stereocenters. The summed E-state index contributed by atoms with van der Waals surface area (Å²) in [5.74, 6) is 1.34. The number of hydrogen-bond acceptors (Lipinski definition) is 3. The van der Waals surface area contributed by atoms with Crippen LogP contribution in [0, 0.1) is 0 Å². The van der Waals surface area contributed by atoms with E-state index in [0.29, 0.717) is 42.7 Å². The fourth-order valence-corrected chi connectivity index (χ4v) is 2.50. The van der Waals surface area contributed by atoms with Gasteiger partial charge in [0.2, 0.25) is 5.91 Å². The van der Waals surface area contributed by atoms with Crippen LogP contribution in [0.3, 0.4) is 0 Å². The zero-order chi connectivity index (χ0) is 15.1. The van der Waals surface area contributed by atoms with Crippen LogP contribution < -0.4 is 14.8 Å². The number of unbranched alkanes of at least 4 members (excludes halogenated alkanes) is 2. The molecule has 5 heteroatoms. The van der Waals surface area contributed by atoms with E-state index < -0.39 is 0 Å². The summed E-state index contributed by atoms with van der Waals surface area (Å²) in [5, 5.41) is 3.45. The fraction of sp³-hybridized carbons (Fsp3) is 0.562. The standard InChI is InChI=1S/C16H22ClNO3/c1-2-3-4-6-15(19)18-11-12-9-13(17)16-14(10-12)20-7-5-8-21-16/h9-10H,2-8,11H2,1H3,(H,18,19). The third-order valence-corrected chi connectivity index (χ3v) is 3.64. The number of halogens is 1. The first kappa shape index (κ1) is 16.0. The second-order valence-electron chi connectivity index (χ2n) is 5.19. The highest BCUT2D eigenvalue weighted by atomic mass is 35.5. The number of benzene rings is 1. The predicted octanol–water partition coefficient (Wildman–Crippen LogP) is 3.70. The van der Waals surface area contributed by atoms with Crippen LogP contribution in [0.1, 0.15) is 44.6 Å². The summed E-state index contributed by atoms with van der Waals surface area (Å²) in [4.78, 5) is 11.7. The Hall–Kier alpha value is -1.42. The summed E-state index contributed by atoms with van der Waals surface area (Å²) in [6.07, 6.45) is 4.55.